The molecule has 1 aromatic rings. The Balaban J connectivity index is 3.48. The molecule has 0 aliphatic heterocycles. The van der Waals surface area contributed by atoms with Gasteiger partial charge >= 0.3 is 5.97 Å². The van der Waals surface area contributed by atoms with Crippen molar-refractivity contribution in [2.75, 3.05) is 18.0 Å². The third-order valence-electron chi connectivity index (χ3n) is 2.52. The highest BCUT2D eigenvalue weighted by molar-refractivity contribution is 5.97. The van der Waals surface area contributed by atoms with Crippen LogP contribution in [0.5, 0.6) is 0 Å². The van der Waals surface area contributed by atoms with Gasteiger partial charge in [0.05, 0.1) is 10.5 Å². The number of aromatic carboxylic acids is 1. The normalized spacial score (nSPS) is 10.0. The van der Waals surface area contributed by atoms with E-state index in [2.05, 4.69) is 0 Å². The average Bonchev–Trinajstić information content (AvgIpc) is 2.30. The van der Waals surface area contributed by atoms with Crippen LogP contribution >= 0.6 is 0 Å². The smallest absolute Gasteiger partial charge is 0.338 e. The second-order valence-corrected chi connectivity index (χ2v) is 3.41. The number of hydrogen-bond acceptors (Lipinski definition) is 4. The van der Waals surface area contributed by atoms with Crippen LogP contribution < -0.4 is 4.90 Å². The molecule has 0 fully saturated rings. The molecular formula is C11H14N2O4. The lowest BCUT2D eigenvalue weighted by Crippen LogP contribution is -2.25. The summed E-state index contributed by atoms with van der Waals surface area (Å²) in [5.74, 6) is -1.16. The topological polar surface area (TPSA) is 83.7 Å². The first-order valence-corrected chi connectivity index (χ1v) is 5.28. The molecule has 0 heterocycles. The molecule has 1 rings (SSSR count). The van der Waals surface area contributed by atoms with E-state index >= 15 is 0 Å². The fourth-order valence-electron chi connectivity index (χ4n) is 1.72. The van der Waals surface area contributed by atoms with E-state index in [1.807, 2.05) is 13.8 Å². The number of rotatable bonds is 5. The summed E-state index contributed by atoms with van der Waals surface area (Å²) in [6.45, 7) is 4.68. The first-order valence-electron chi connectivity index (χ1n) is 5.28. The van der Waals surface area contributed by atoms with Gasteiger partial charge in [0.2, 0.25) is 0 Å². The van der Waals surface area contributed by atoms with Crippen LogP contribution in [0.15, 0.2) is 18.2 Å². The molecule has 0 unspecified atom stereocenters. The molecule has 0 aliphatic rings. The second kappa shape index (κ2) is 5.29. The van der Waals surface area contributed by atoms with E-state index in [1.54, 1.807) is 4.90 Å². The first-order chi connectivity index (χ1) is 8.02. The third-order valence-corrected chi connectivity index (χ3v) is 2.52. The van der Waals surface area contributed by atoms with Gasteiger partial charge in [-0.3, -0.25) is 10.1 Å². The molecule has 1 aromatic carbocycles. The standard InChI is InChI=1S/C11H14N2O4/c1-3-12(4-2)10-8(11(14)15)6-5-7-9(10)13(16)17/h5-7H,3-4H2,1-2H3,(H,14,15). The Morgan fingerprint density at radius 1 is 1.41 bits per heavy atom. The van der Waals surface area contributed by atoms with Crippen LogP contribution in [0.1, 0.15) is 24.2 Å². The van der Waals surface area contributed by atoms with Gasteiger partial charge in [-0.25, -0.2) is 4.79 Å². The van der Waals surface area contributed by atoms with Crippen molar-refractivity contribution in [2.24, 2.45) is 0 Å². The van der Waals surface area contributed by atoms with E-state index in [9.17, 15) is 14.9 Å². The zero-order valence-electron chi connectivity index (χ0n) is 9.71. The monoisotopic (exact) mass is 238 g/mol. The summed E-state index contributed by atoms with van der Waals surface area (Å²) in [5.41, 5.74) is -0.0356. The summed E-state index contributed by atoms with van der Waals surface area (Å²) < 4.78 is 0. The van der Waals surface area contributed by atoms with Gasteiger partial charge in [-0.1, -0.05) is 6.07 Å². The Labute approximate surface area is 98.6 Å². The molecular weight excluding hydrogens is 224 g/mol. The van der Waals surface area contributed by atoms with Crippen molar-refractivity contribution in [2.45, 2.75) is 13.8 Å². The summed E-state index contributed by atoms with van der Waals surface area (Å²) in [4.78, 5) is 23.1. The van der Waals surface area contributed by atoms with Gasteiger partial charge in [-0.15, -0.1) is 0 Å². The summed E-state index contributed by atoms with van der Waals surface area (Å²) in [6.07, 6.45) is 0. The van der Waals surface area contributed by atoms with Crippen molar-refractivity contribution in [3.63, 3.8) is 0 Å². The minimum Gasteiger partial charge on any atom is -0.478 e. The largest absolute Gasteiger partial charge is 0.478 e. The number of nitro benzene ring substituents is 1. The molecule has 1 N–H and O–H groups in total. The van der Waals surface area contributed by atoms with Crippen molar-refractivity contribution >= 4 is 17.3 Å². The Hall–Kier alpha value is -2.11. The molecule has 0 spiro atoms. The molecule has 0 amide bonds. The van der Waals surface area contributed by atoms with Crippen molar-refractivity contribution in [1.29, 1.82) is 0 Å². The van der Waals surface area contributed by atoms with Crippen LogP contribution in [0.2, 0.25) is 0 Å². The number of nitrogens with zero attached hydrogens (tertiary/aromatic N) is 2. The highest BCUT2D eigenvalue weighted by Gasteiger charge is 2.24. The van der Waals surface area contributed by atoms with Gasteiger partial charge in [0.25, 0.3) is 5.69 Å². The molecule has 0 aromatic heterocycles. The second-order valence-electron chi connectivity index (χ2n) is 3.41. The molecule has 6 heteroatoms. The number of carboxylic acids is 1. The average molecular weight is 238 g/mol. The molecule has 92 valence electrons. The summed E-state index contributed by atoms with van der Waals surface area (Å²) >= 11 is 0. The number of benzene rings is 1. The van der Waals surface area contributed by atoms with Gasteiger partial charge < -0.3 is 10.0 Å². The maximum Gasteiger partial charge on any atom is 0.338 e. The van der Waals surface area contributed by atoms with Gasteiger partial charge in [-0.05, 0) is 19.9 Å². The molecule has 0 atom stereocenters. The lowest BCUT2D eigenvalue weighted by molar-refractivity contribution is -0.384. The lowest BCUT2D eigenvalue weighted by atomic mass is 10.1. The summed E-state index contributed by atoms with van der Waals surface area (Å²) in [7, 11) is 0. The quantitative estimate of drug-likeness (QED) is 0.627. The Kier molecular flexibility index (Phi) is 4.03. The Morgan fingerprint density at radius 3 is 2.41 bits per heavy atom. The first kappa shape index (κ1) is 13.0. The molecule has 0 saturated carbocycles. The Bertz CT molecular complexity index is 409. The predicted octanol–water partition coefficient (Wildman–Crippen LogP) is 2.14. The van der Waals surface area contributed by atoms with Crippen LogP contribution in [0, 0.1) is 10.1 Å². The summed E-state index contributed by atoms with van der Waals surface area (Å²) in [5, 5.41) is 20.0. The van der Waals surface area contributed by atoms with Crippen molar-refractivity contribution in [3.8, 4) is 0 Å². The van der Waals surface area contributed by atoms with Crippen molar-refractivity contribution in [1.82, 2.24) is 0 Å². The Morgan fingerprint density at radius 2 is 2.00 bits per heavy atom. The van der Waals surface area contributed by atoms with E-state index in [1.165, 1.54) is 18.2 Å². The van der Waals surface area contributed by atoms with Crippen molar-refractivity contribution in [3.05, 3.63) is 33.9 Å². The number of nitro groups is 1. The molecule has 0 bridgehead atoms. The third kappa shape index (κ3) is 2.52. The van der Waals surface area contributed by atoms with E-state index in [0.717, 1.165) is 0 Å². The van der Waals surface area contributed by atoms with E-state index in [4.69, 9.17) is 5.11 Å². The zero-order chi connectivity index (χ0) is 13.0. The van der Waals surface area contributed by atoms with Crippen LogP contribution in [0.4, 0.5) is 11.4 Å². The number of hydrogen-bond donors (Lipinski definition) is 1. The number of anilines is 1. The molecule has 0 radical (unpaired) electrons. The number of para-hydroxylation sites is 1. The number of carbonyl (C=O) groups is 1. The molecule has 0 aliphatic carbocycles. The SMILES string of the molecule is CCN(CC)c1c(C(=O)O)cccc1[N+](=O)[O-]. The minimum absolute atomic E-state index is 0.0390. The van der Waals surface area contributed by atoms with E-state index in [-0.39, 0.29) is 16.9 Å². The van der Waals surface area contributed by atoms with Gasteiger partial charge in [0.1, 0.15) is 5.69 Å². The number of carboxylic acid groups (broad SMARTS) is 1. The minimum atomic E-state index is -1.16. The van der Waals surface area contributed by atoms with Crippen LogP contribution in [-0.2, 0) is 0 Å². The van der Waals surface area contributed by atoms with Crippen molar-refractivity contribution < 1.29 is 14.8 Å². The van der Waals surface area contributed by atoms with Gasteiger partial charge in [-0.2, -0.15) is 0 Å². The van der Waals surface area contributed by atoms with Gasteiger partial charge in [0, 0.05) is 19.2 Å². The molecule has 17 heavy (non-hydrogen) atoms. The highest BCUT2D eigenvalue weighted by Crippen LogP contribution is 2.31. The van der Waals surface area contributed by atoms with Crippen LogP contribution in [-0.4, -0.2) is 29.1 Å². The predicted molar refractivity (Wildman–Crippen MR) is 63.6 cm³/mol. The van der Waals surface area contributed by atoms with E-state index < -0.39 is 10.9 Å². The van der Waals surface area contributed by atoms with E-state index in [0.29, 0.717) is 13.1 Å². The zero-order valence-corrected chi connectivity index (χ0v) is 9.71. The maximum absolute atomic E-state index is 11.1. The molecule has 6 nitrogen and oxygen atoms in total. The lowest BCUT2D eigenvalue weighted by Gasteiger charge is -2.22. The van der Waals surface area contributed by atoms with Crippen LogP contribution in [0.25, 0.3) is 0 Å². The van der Waals surface area contributed by atoms with Gasteiger partial charge in [0.15, 0.2) is 0 Å². The fourth-order valence-corrected chi connectivity index (χ4v) is 1.72. The molecule has 0 saturated heterocycles. The summed E-state index contributed by atoms with van der Waals surface area (Å²) in [6, 6.07) is 4.08. The fraction of sp³-hybridized carbons (Fsp3) is 0.364. The highest BCUT2D eigenvalue weighted by atomic mass is 16.6. The van der Waals surface area contributed by atoms with Crippen LogP contribution in [0.3, 0.4) is 0 Å². The maximum atomic E-state index is 11.1.